The van der Waals surface area contributed by atoms with Crippen molar-refractivity contribution in [2.45, 2.75) is 13.0 Å². The van der Waals surface area contributed by atoms with E-state index >= 15 is 0 Å². The molecule has 3 N–H and O–H groups in total. The van der Waals surface area contributed by atoms with Gasteiger partial charge in [0.15, 0.2) is 11.5 Å². The predicted octanol–water partition coefficient (Wildman–Crippen LogP) is 2.52. The minimum Gasteiger partial charge on any atom is -0.493 e. The number of anilines is 1. The Bertz CT molecular complexity index is 1080. The van der Waals surface area contributed by atoms with Crippen LogP contribution in [0.2, 0.25) is 0 Å². The van der Waals surface area contributed by atoms with Crippen molar-refractivity contribution in [3.8, 4) is 11.5 Å². The van der Waals surface area contributed by atoms with Crippen LogP contribution in [0.15, 0.2) is 60.1 Å². The molecular formula is C23H26N5O2+. The highest BCUT2D eigenvalue weighted by Gasteiger charge is 2.24. The highest BCUT2D eigenvalue weighted by atomic mass is 16.5. The molecule has 0 radical (unpaired) electrons. The van der Waals surface area contributed by atoms with Crippen LogP contribution in [0.1, 0.15) is 12.0 Å². The van der Waals surface area contributed by atoms with Crippen molar-refractivity contribution in [2.24, 2.45) is 0 Å². The summed E-state index contributed by atoms with van der Waals surface area (Å²) >= 11 is 0. The van der Waals surface area contributed by atoms with Crippen LogP contribution in [0.3, 0.4) is 0 Å². The third kappa shape index (κ3) is 3.97. The van der Waals surface area contributed by atoms with Crippen molar-refractivity contribution in [3.63, 3.8) is 0 Å². The first-order valence-corrected chi connectivity index (χ1v) is 9.94. The Labute approximate surface area is 175 Å². The summed E-state index contributed by atoms with van der Waals surface area (Å²) in [6, 6.07) is 14.2. The number of rotatable bonds is 7. The number of hydrogen-bond donors (Lipinski definition) is 2. The molecule has 30 heavy (non-hydrogen) atoms. The molecule has 1 aromatic heterocycles. The third-order valence-corrected chi connectivity index (χ3v) is 5.45. The van der Waals surface area contributed by atoms with Crippen LogP contribution in [-0.2, 0) is 6.54 Å². The zero-order valence-electron chi connectivity index (χ0n) is 17.3. The van der Waals surface area contributed by atoms with Crippen molar-refractivity contribution >= 4 is 22.9 Å². The van der Waals surface area contributed by atoms with Crippen molar-refractivity contribution in [1.29, 1.82) is 5.41 Å². The van der Waals surface area contributed by atoms with Crippen molar-refractivity contribution in [1.82, 2.24) is 9.97 Å². The second kappa shape index (κ2) is 8.92. The number of fused-ring (bicyclic) bond motifs is 1. The van der Waals surface area contributed by atoms with Gasteiger partial charge in [0, 0.05) is 35.3 Å². The molecule has 0 amide bonds. The Kier molecular flexibility index (Phi) is 5.90. The fourth-order valence-corrected chi connectivity index (χ4v) is 3.82. The fourth-order valence-electron chi connectivity index (χ4n) is 3.82. The van der Waals surface area contributed by atoms with E-state index in [0.717, 1.165) is 41.8 Å². The molecule has 1 aliphatic heterocycles. The lowest BCUT2D eigenvalue weighted by atomic mass is 10.0. The SMILES string of the molecule is COc1cc2ncnc(N3CCC(C=N)=C([NH2+]Cc4ccccc4)C3)c2cc1OC. The van der Waals surface area contributed by atoms with Crippen molar-refractivity contribution in [2.75, 3.05) is 32.2 Å². The van der Waals surface area contributed by atoms with E-state index in [1.54, 1.807) is 20.5 Å². The molecule has 7 nitrogen and oxygen atoms in total. The van der Waals surface area contributed by atoms with E-state index in [2.05, 4.69) is 44.5 Å². The number of benzene rings is 2. The second-order valence-corrected chi connectivity index (χ2v) is 7.18. The summed E-state index contributed by atoms with van der Waals surface area (Å²) in [5.41, 5.74) is 4.33. The number of ether oxygens (including phenoxy) is 2. The minimum absolute atomic E-state index is 0.649. The fraction of sp³-hybridized carbons (Fsp3) is 0.261. The quantitative estimate of drug-likeness (QED) is 0.591. The molecule has 7 heteroatoms. The lowest BCUT2D eigenvalue weighted by Crippen LogP contribution is -2.82. The van der Waals surface area contributed by atoms with E-state index in [1.807, 2.05) is 18.2 Å². The van der Waals surface area contributed by atoms with Crippen molar-refractivity contribution in [3.05, 3.63) is 65.6 Å². The Balaban J connectivity index is 1.64. The first-order valence-electron chi connectivity index (χ1n) is 9.94. The van der Waals surface area contributed by atoms with E-state index < -0.39 is 0 Å². The van der Waals surface area contributed by atoms with Gasteiger partial charge in [0.1, 0.15) is 24.4 Å². The van der Waals surface area contributed by atoms with Gasteiger partial charge in [0.25, 0.3) is 0 Å². The van der Waals surface area contributed by atoms with Gasteiger partial charge in [0.05, 0.1) is 26.3 Å². The van der Waals surface area contributed by atoms with E-state index in [-0.39, 0.29) is 0 Å². The zero-order valence-corrected chi connectivity index (χ0v) is 17.3. The predicted molar refractivity (Wildman–Crippen MR) is 117 cm³/mol. The first-order chi connectivity index (χ1) is 14.7. The summed E-state index contributed by atoms with van der Waals surface area (Å²) in [6.45, 7) is 2.35. The van der Waals surface area contributed by atoms with Crippen LogP contribution in [0.4, 0.5) is 5.82 Å². The molecule has 2 heterocycles. The van der Waals surface area contributed by atoms with Gasteiger partial charge in [-0.05, 0) is 12.5 Å². The van der Waals surface area contributed by atoms with Crippen LogP contribution < -0.4 is 19.7 Å². The van der Waals surface area contributed by atoms with Crippen LogP contribution in [-0.4, -0.2) is 43.5 Å². The number of quaternary nitrogens is 1. The molecular weight excluding hydrogens is 378 g/mol. The summed E-state index contributed by atoms with van der Waals surface area (Å²) < 4.78 is 10.9. The number of nitrogens with two attached hydrogens (primary N) is 1. The maximum absolute atomic E-state index is 7.83. The summed E-state index contributed by atoms with van der Waals surface area (Å²) in [5.74, 6) is 2.18. The van der Waals surface area contributed by atoms with Gasteiger partial charge in [-0.2, -0.15) is 0 Å². The van der Waals surface area contributed by atoms with Crippen LogP contribution in [0, 0.1) is 5.41 Å². The van der Waals surface area contributed by atoms with Gasteiger partial charge >= 0.3 is 0 Å². The van der Waals surface area contributed by atoms with E-state index in [0.29, 0.717) is 18.0 Å². The molecule has 0 bridgehead atoms. The Hall–Kier alpha value is -3.45. The summed E-state index contributed by atoms with van der Waals surface area (Å²) in [6.07, 6.45) is 3.88. The third-order valence-electron chi connectivity index (χ3n) is 5.45. The first kappa shape index (κ1) is 19.8. The molecule has 0 atom stereocenters. The number of nitrogens with zero attached hydrogens (tertiary/aromatic N) is 3. The zero-order chi connectivity index (χ0) is 20.9. The normalized spacial score (nSPS) is 14.1. The van der Waals surface area contributed by atoms with Crippen LogP contribution in [0.25, 0.3) is 10.9 Å². The van der Waals surface area contributed by atoms with Crippen LogP contribution in [0.5, 0.6) is 11.5 Å². The molecule has 154 valence electrons. The molecule has 1 aliphatic rings. The molecule has 0 aliphatic carbocycles. The lowest BCUT2D eigenvalue weighted by Gasteiger charge is -2.29. The van der Waals surface area contributed by atoms with Gasteiger partial charge < -0.3 is 25.1 Å². The maximum atomic E-state index is 7.83. The van der Waals surface area contributed by atoms with Crippen molar-refractivity contribution < 1.29 is 14.8 Å². The standard InChI is InChI=1S/C23H25N5O2/c1-29-21-10-18-19(11-22(21)30-2)26-15-27-23(18)28-9-8-17(12-24)20(14-28)25-13-16-6-4-3-5-7-16/h3-7,10-12,15,24-25H,8-9,13-14H2,1-2H3/p+1. The van der Waals surface area contributed by atoms with Gasteiger partial charge in [0.2, 0.25) is 0 Å². The topological polar surface area (TPSA) is 87.9 Å². The monoisotopic (exact) mass is 404 g/mol. The van der Waals surface area contributed by atoms with E-state index in [1.165, 1.54) is 17.5 Å². The summed E-state index contributed by atoms with van der Waals surface area (Å²) in [4.78, 5) is 11.3. The Morgan fingerprint density at radius 3 is 2.60 bits per heavy atom. The van der Waals surface area contributed by atoms with Gasteiger partial charge in [-0.3, -0.25) is 0 Å². The smallest absolute Gasteiger partial charge is 0.162 e. The number of methoxy groups -OCH3 is 2. The summed E-state index contributed by atoms with van der Waals surface area (Å²) in [5, 5.41) is 11.0. The highest BCUT2D eigenvalue weighted by Crippen LogP contribution is 2.35. The maximum Gasteiger partial charge on any atom is 0.162 e. The van der Waals surface area contributed by atoms with Crippen LogP contribution >= 0.6 is 0 Å². The molecule has 0 saturated heterocycles. The number of aromatic nitrogens is 2. The average Bonchev–Trinajstić information content (AvgIpc) is 2.81. The van der Waals surface area contributed by atoms with Gasteiger partial charge in [-0.1, -0.05) is 30.3 Å². The van der Waals surface area contributed by atoms with E-state index in [9.17, 15) is 0 Å². The summed E-state index contributed by atoms with van der Waals surface area (Å²) in [7, 11) is 3.25. The van der Waals surface area contributed by atoms with E-state index in [4.69, 9.17) is 14.9 Å². The number of hydrogen-bond acceptors (Lipinski definition) is 6. The second-order valence-electron chi connectivity index (χ2n) is 7.18. The Morgan fingerprint density at radius 2 is 1.87 bits per heavy atom. The lowest BCUT2D eigenvalue weighted by molar-refractivity contribution is -0.624. The van der Waals surface area contributed by atoms with Gasteiger partial charge in [-0.25, -0.2) is 9.97 Å². The van der Waals surface area contributed by atoms with Gasteiger partial charge in [-0.15, -0.1) is 0 Å². The minimum atomic E-state index is 0.649. The highest BCUT2D eigenvalue weighted by molar-refractivity contribution is 5.92. The molecule has 0 spiro atoms. The molecule has 2 aromatic carbocycles. The average molecular weight is 404 g/mol. The number of nitrogens with one attached hydrogen (secondary N) is 1. The molecule has 4 rings (SSSR count). The largest absolute Gasteiger partial charge is 0.493 e. The molecule has 3 aromatic rings. The molecule has 0 unspecified atom stereocenters. The molecule has 0 fully saturated rings. The Morgan fingerprint density at radius 1 is 1.10 bits per heavy atom. The molecule has 0 saturated carbocycles.